The number of rotatable bonds is 4. The van der Waals surface area contributed by atoms with E-state index in [0.29, 0.717) is 0 Å². The van der Waals surface area contributed by atoms with Crippen molar-refractivity contribution in [1.29, 1.82) is 0 Å². The summed E-state index contributed by atoms with van der Waals surface area (Å²) in [5, 5.41) is 10.2. The second-order valence-corrected chi connectivity index (χ2v) is 2.65. The van der Waals surface area contributed by atoms with Gasteiger partial charge in [-0.3, -0.25) is 10.1 Å². The smallest absolute Gasteiger partial charge is 0.409 e. The topological polar surface area (TPSA) is 56.3 Å². The van der Waals surface area contributed by atoms with Gasteiger partial charge in [0.25, 0.3) is 0 Å². The molecule has 0 saturated carbocycles. The number of unbranched alkanes of at least 4 members (excludes halogenated alkanes) is 1. The zero-order valence-corrected chi connectivity index (χ0v) is 6.95. The lowest BCUT2D eigenvalue weighted by molar-refractivity contribution is -0.402. The molecule has 0 aliphatic heterocycles. The van der Waals surface area contributed by atoms with Gasteiger partial charge in [0, 0.05) is 0 Å². The molecular formula is C8H11NO3. The van der Waals surface area contributed by atoms with Gasteiger partial charge in [0.1, 0.15) is 11.2 Å². The lowest BCUT2D eigenvalue weighted by Gasteiger charge is -1.89. The van der Waals surface area contributed by atoms with Crippen molar-refractivity contribution in [3.8, 4) is 0 Å². The number of nitro groups is 1. The Morgan fingerprint density at radius 2 is 2.42 bits per heavy atom. The van der Waals surface area contributed by atoms with Gasteiger partial charge in [-0.25, -0.2) is 0 Å². The van der Waals surface area contributed by atoms with Crippen LogP contribution in [0, 0.1) is 10.1 Å². The number of hydrogen-bond acceptors (Lipinski definition) is 3. The van der Waals surface area contributed by atoms with E-state index in [4.69, 9.17) is 4.42 Å². The molecule has 0 radical (unpaired) electrons. The van der Waals surface area contributed by atoms with Crippen LogP contribution < -0.4 is 0 Å². The molecule has 0 atom stereocenters. The maximum Gasteiger partial charge on any atom is 0.433 e. The molecule has 1 rings (SSSR count). The van der Waals surface area contributed by atoms with Gasteiger partial charge in [0.2, 0.25) is 0 Å². The predicted octanol–water partition coefficient (Wildman–Crippen LogP) is 2.53. The van der Waals surface area contributed by atoms with E-state index >= 15 is 0 Å². The summed E-state index contributed by atoms with van der Waals surface area (Å²) in [6, 6.07) is 1.48. The Kier molecular flexibility index (Phi) is 2.85. The first-order valence-electron chi connectivity index (χ1n) is 3.96. The highest BCUT2D eigenvalue weighted by molar-refractivity contribution is 5.22. The van der Waals surface area contributed by atoms with Crippen LogP contribution in [0.15, 0.2) is 16.7 Å². The summed E-state index contributed by atoms with van der Waals surface area (Å²) >= 11 is 0. The van der Waals surface area contributed by atoms with Crippen molar-refractivity contribution in [2.24, 2.45) is 0 Å². The van der Waals surface area contributed by atoms with Crippen LogP contribution in [0.2, 0.25) is 0 Å². The van der Waals surface area contributed by atoms with Crippen LogP contribution in [0.5, 0.6) is 0 Å². The van der Waals surface area contributed by atoms with E-state index in [-0.39, 0.29) is 5.88 Å². The molecule has 4 nitrogen and oxygen atoms in total. The van der Waals surface area contributed by atoms with Gasteiger partial charge >= 0.3 is 5.88 Å². The van der Waals surface area contributed by atoms with Crippen LogP contribution in [0.3, 0.4) is 0 Å². The largest absolute Gasteiger partial charge is 0.433 e. The van der Waals surface area contributed by atoms with E-state index in [0.717, 1.165) is 24.8 Å². The molecule has 0 fully saturated rings. The fourth-order valence-corrected chi connectivity index (χ4v) is 0.970. The van der Waals surface area contributed by atoms with E-state index in [1.165, 1.54) is 12.3 Å². The molecule has 0 aliphatic rings. The number of aryl methyl sites for hydroxylation is 1. The van der Waals surface area contributed by atoms with Crippen LogP contribution in [-0.2, 0) is 6.42 Å². The van der Waals surface area contributed by atoms with Crippen molar-refractivity contribution in [1.82, 2.24) is 0 Å². The monoisotopic (exact) mass is 169 g/mol. The minimum atomic E-state index is -0.518. The standard InChI is InChI=1S/C8H11NO3/c1-2-3-4-7-5-8(9(10)11)12-6-7/h5-6H,2-4H2,1H3. The Balaban J connectivity index is 2.58. The minimum Gasteiger partial charge on any atom is -0.409 e. The second-order valence-electron chi connectivity index (χ2n) is 2.65. The Bertz CT molecular complexity index is 267. The first-order valence-corrected chi connectivity index (χ1v) is 3.96. The Labute approximate surface area is 70.3 Å². The van der Waals surface area contributed by atoms with Crippen molar-refractivity contribution in [3.63, 3.8) is 0 Å². The number of nitrogens with zero attached hydrogens (tertiary/aromatic N) is 1. The highest BCUT2D eigenvalue weighted by Gasteiger charge is 2.10. The van der Waals surface area contributed by atoms with Gasteiger partial charge in [-0.2, -0.15) is 0 Å². The molecule has 1 aromatic rings. The summed E-state index contributed by atoms with van der Waals surface area (Å²) in [7, 11) is 0. The van der Waals surface area contributed by atoms with E-state index < -0.39 is 4.92 Å². The molecule has 0 saturated heterocycles. The average Bonchev–Trinajstić information content (AvgIpc) is 2.48. The summed E-state index contributed by atoms with van der Waals surface area (Å²) in [5.41, 5.74) is 0.906. The molecule has 66 valence electrons. The quantitative estimate of drug-likeness (QED) is 0.514. The Morgan fingerprint density at radius 3 is 2.92 bits per heavy atom. The van der Waals surface area contributed by atoms with Gasteiger partial charge < -0.3 is 4.42 Å². The van der Waals surface area contributed by atoms with Crippen molar-refractivity contribution in [2.45, 2.75) is 26.2 Å². The molecule has 1 heterocycles. The van der Waals surface area contributed by atoms with Crippen LogP contribution in [0.25, 0.3) is 0 Å². The van der Waals surface area contributed by atoms with Gasteiger partial charge in [-0.15, -0.1) is 0 Å². The van der Waals surface area contributed by atoms with Crippen molar-refractivity contribution < 1.29 is 9.34 Å². The third kappa shape index (κ3) is 2.08. The zero-order valence-electron chi connectivity index (χ0n) is 6.95. The lowest BCUT2D eigenvalue weighted by Crippen LogP contribution is -1.83. The van der Waals surface area contributed by atoms with E-state index in [1.807, 2.05) is 0 Å². The number of furan rings is 1. The zero-order chi connectivity index (χ0) is 8.97. The van der Waals surface area contributed by atoms with E-state index in [9.17, 15) is 10.1 Å². The fraction of sp³-hybridized carbons (Fsp3) is 0.500. The Hall–Kier alpha value is -1.32. The molecule has 0 aliphatic carbocycles. The van der Waals surface area contributed by atoms with Crippen LogP contribution in [-0.4, -0.2) is 4.92 Å². The van der Waals surface area contributed by atoms with Crippen LogP contribution in [0.4, 0.5) is 5.88 Å². The van der Waals surface area contributed by atoms with Gasteiger partial charge in [-0.1, -0.05) is 13.3 Å². The molecular weight excluding hydrogens is 158 g/mol. The van der Waals surface area contributed by atoms with Gasteiger partial charge in [0.15, 0.2) is 0 Å². The Morgan fingerprint density at radius 1 is 1.67 bits per heavy atom. The van der Waals surface area contributed by atoms with Crippen LogP contribution in [0.1, 0.15) is 25.3 Å². The fourth-order valence-electron chi connectivity index (χ4n) is 0.970. The van der Waals surface area contributed by atoms with Gasteiger partial charge in [-0.05, 0) is 18.4 Å². The first kappa shape index (κ1) is 8.77. The predicted molar refractivity (Wildman–Crippen MR) is 44.0 cm³/mol. The summed E-state index contributed by atoms with van der Waals surface area (Å²) in [4.78, 5) is 9.68. The van der Waals surface area contributed by atoms with Crippen molar-refractivity contribution >= 4 is 5.88 Å². The normalized spacial score (nSPS) is 10.1. The third-order valence-corrected chi connectivity index (χ3v) is 1.64. The molecule has 0 amide bonds. The molecule has 4 heteroatoms. The summed E-state index contributed by atoms with van der Waals surface area (Å²) in [6.07, 6.45) is 4.43. The molecule has 0 aromatic carbocycles. The summed E-state index contributed by atoms with van der Waals surface area (Å²) in [6.45, 7) is 2.08. The van der Waals surface area contributed by atoms with E-state index in [1.54, 1.807) is 0 Å². The molecule has 0 N–H and O–H groups in total. The minimum absolute atomic E-state index is 0.166. The maximum absolute atomic E-state index is 10.2. The molecule has 0 unspecified atom stereocenters. The highest BCUT2D eigenvalue weighted by Crippen LogP contribution is 2.16. The van der Waals surface area contributed by atoms with Crippen molar-refractivity contribution in [3.05, 3.63) is 28.0 Å². The SMILES string of the molecule is CCCCc1coc([N+](=O)[O-])c1. The molecule has 0 bridgehead atoms. The van der Waals surface area contributed by atoms with Gasteiger partial charge in [0.05, 0.1) is 6.07 Å². The summed E-state index contributed by atoms with van der Waals surface area (Å²) < 4.78 is 4.72. The maximum atomic E-state index is 10.2. The molecule has 12 heavy (non-hydrogen) atoms. The number of hydrogen-bond donors (Lipinski definition) is 0. The van der Waals surface area contributed by atoms with E-state index in [2.05, 4.69) is 6.92 Å². The third-order valence-electron chi connectivity index (χ3n) is 1.64. The molecule has 1 aromatic heterocycles. The van der Waals surface area contributed by atoms with Crippen LogP contribution >= 0.6 is 0 Å². The summed E-state index contributed by atoms with van der Waals surface area (Å²) in [5.74, 6) is -0.166. The van der Waals surface area contributed by atoms with Crippen molar-refractivity contribution in [2.75, 3.05) is 0 Å². The second kappa shape index (κ2) is 3.90. The average molecular weight is 169 g/mol. The lowest BCUT2D eigenvalue weighted by atomic mass is 10.1. The highest BCUT2D eigenvalue weighted by atomic mass is 16.6. The first-order chi connectivity index (χ1) is 5.74. The molecule has 0 spiro atoms.